The molecule has 7 heteroatoms. The van der Waals surface area contributed by atoms with Crippen LogP contribution in [0.15, 0.2) is 41.3 Å². The minimum atomic E-state index is -0.588. The highest BCUT2D eigenvalue weighted by Gasteiger charge is 2.07. The second kappa shape index (κ2) is 7.43. The number of nitrogens with zero attached hydrogens (tertiary/aromatic N) is 2. The summed E-state index contributed by atoms with van der Waals surface area (Å²) < 4.78 is 26.5. The number of halogens is 2. The van der Waals surface area contributed by atoms with Crippen molar-refractivity contribution in [1.82, 2.24) is 15.0 Å². The molecule has 0 radical (unpaired) electrons. The van der Waals surface area contributed by atoms with Crippen molar-refractivity contribution in [2.24, 2.45) is 0 Å². The largest absolute Gasteiger partial charge is 0.370 e. The fraction of sp³-hybridized carbons (Fsp3) is 0.211. The molecule has 0 unspecified atom stereocenters. The number of aromatic nitrogens is 3. The zero-order chi connectivity index (χ0) is 18.7. The Hall–Kier alpha value is -3.09. The lowest BCUT2D eigenvalue weighted by Crippen LogP contribution is -2.14. The number of H-pyrrole nitrogens is 1. The predicted molar refractivity (Wildman–Crippen MR) is 96.1 cm³/mol. The van der Waals surface area contributed by atoms with Gasteiger partial charge in [-0.05, 0) is 44.0 Å². The van der Waals surface area contributed by atoms with E-state index in [2.05, 4.69) is 20.3 Å². The van der Waals surface area contributed by atoms with Crippen molar-refractivity contribution in [3.63, 3.8) is 0 Å². The van der Waals surface area contributed by atoms with Gasteiger partial charge in [-0.15, -0.1) is 0 Å². The van der Waals surface area contributed by atoms with Gasteiger partial charge in [0.25, 0.3) is 5.56 Å². The lowest BCUT2D eigenvalue weighted by atomic mass is 10.1. The van der Waals surface area contributed by atoms with Gasteiger partial charge in [0, 0.05) is 35.6 Å². The molecular weight excluding hydrogens is 338 g/mol. The van der Waals surface area contributed by atoms with Gasteiger partial charge in [-0.1, -0.05) is 6.07 Å². The van der Waals surface area contributed by atoms with Crippen LogP contribution >= 0.6 is 0 Å². The van der Waals surface area contributed by atoms with Crippen LogP contribution in [0.2, 0.25) is 0 Å². The van der Waals surface area contributed by atoms with Crippen LogP contribution in [-0.2, 0) is 6.42 Å². The number of nitrogens with one attached hydrogen (secondary N) is 2. The number of aromatic amines is 1. The molecule has 26 heavy (non-hydrogen) atoms. The van der Waals surface area contributed by atoms with Crippen LogP contribution in [0.3, 0.4) is 0 Å². The van der Waals surface area contributed by atoms with Crippen LogP contribution in [0.5, 0.6) is 0 Å². The van der Waals surface area contributed by atoms with E-state index in [9.17, 15) is 13.6 Å². The first-order valence-electron chi connectivity index (χ1n) is 8.16. The average Bonchev–Trinajstić information content (AvgIpc) is 2.62. The van der Waals surface area contributed by atoms with Gasteiger partial charge in [0.15, 0.2) is 0 Å². The Balaban J connectivity index is 1.65. The fourth-order valence-corrected chi connectivity index (χ4v) is 2.47. The van der Waals surface area contributed by atoms with E-state index < -0.39 is 11.6 Å². The number of benzene rings is 1. The smallest absolute Gasteiger partial charge is 0.254 e. The van der Waals surface area contributed by atoms with E-state index >= 15 is 0 Å². The number of anilines is 1. The van der Waals surface area contributed by atoms with Crippen LogP contribution in [0, 0.1) is 25.5 Å². The molecule has 3 aromatic rings. The molecule has 0 saturated heterocycles. The highest BCUT2D eigenvalue weighted by atomic mass is 19.1. The first-order valence-corrected chi connectivity index (χ1v) is 8.16. The third-order valence-corrected chi connectivity index (χ3v) is 4.15. The summed E-state index contributed by atoms with van der Waals surface area (Å²) in [4.78, 5) is 23.2. The minimum absolute atomic E-state index is 0.170. The molecule has 0 atom stereocenters. The predicted octanol–water partition coefficient (Wildman–Crippen LogP) is 3.38. The van der Waals surface area contributed by atoms with E-state index in [4.69, 9.17) is 0 Å². The maximum atomic E-state index is 13.6. The number of hydrogen-bond acceptors (Lipinski definition) is 4. The van der Waals surface area contributed by atoms with Crippen molar-refractivity contribution in [3.8, 4) is 11.4 Å². The molecule has 0 bridgehead atoms. The van der Waals surface area contributed by atoms with Crippen LogP contribution in [0.4, 0.5) is 14.6 Å². The van der Waals surface area contributed by atoms with Gasteiger partial charge >= 0.3 is 0 Å². The van der Waals surface area contributed by atoms with Crippen LogP contribution in [-0.4, -0.2) is 21.5 Å². The highest BCUT2D eigenvalue weighted by Crippen LogP contribution is 2.16. The highest BCUT2D eigenvalue weighted by molar-refractivity contribution is 5.56. The van der Waals surface area contributed by atoms with E-state index in [1.165, 1.54) is 12.1 Å². The van der Waals surface area contributed by atoms with Crippen molar-refractivity contribution in [1.29, 1.82) is 0 Å². The number of hydrogen-bond donors (Lipinski definition) is 2. The Morgan fingerprint density at radius 2 is 1.96 bits per heavy atom. The molecule has 3 rings (SSSR count). The second-order valence-corrected chi connectivity index (χ2v) is 5.97. The third kappa shape index (κ3) is 3.93. The monoisotopic (exact) mass is 356 g/mol. The van der Waals surface area contributed by atoms with Gasteiger partial charge in [-0.3, -0.25) is 4.79 Å². The molecule has 134 valence electrons. The number of aryl methyl sites for hydroxylation is 1. The molecule has 0 aliphatic rings. The van der Waals surface area contributed by atoms with Crippen molar-refractivity contribution in [2.75, 3.05) is 11.9 Å². The Kier molecular flexibility index (Phi) is 5.06. The third-order valence-electron chi connectivity index (χ3n) is 4.15. The summed E-state index contributed by atoms with van der Waals surface area (Å²) >= 11 is 0. The summed E-state index contributed by atoms with van der Waals surface area (Å²) in [7, 11) is 0. The van der Waals surface area contributed by atoms with E-state index in [0.29, 0.717) is 47.0 Å². The quantitative estimate of drug-likeness (QED) is 0.735. The number of rotatable bonds is 5. The molecule has 0 spiro atoms. The zero-order valence-electron chi connectivity index (χ0n) is 14.4. The SMILES string of the molecule is Cc1nc(-c2ccc(NCCc3ccc(F)cc3F)nc2)[nH]c(=O)c1C. The molecule has 0 fully saturated rings. The molecular formula is C19H18F2N4O. The molecule has 0 aliphatic heterocycles. The molecule has 0 amide bonds. The van der Waals surface area contributed by atoms with Gasteiger partial charge in [-0.25, -0.2) is 18.7 Å². The van der Waals surface area contributed by atoms with Crippen LogP contribution in [0.25, 0.3) is 11.4 Å². The number of pyridine rings is 1. The Morgan fingerprint density at radius 3 is 2.62 bits per heavy atom. The van der Waals surface area contributed by atoms with E-state index in [1.54, 1.807) is 32.2 Å². The van der Waals surface area contributed by atoms with Crippen molar-refractivity contribution in [3.05, 3.63) is 75.3 Å². The molecule has 0 aliphatic carbocycles. The molecule has 1 aromatic carbocycles. The van der Waals surface area contributed by atoms with E-state index in [-0.39, 0.29) is 5.56 Å². The normalized spacial score (nSPS) is 10.8. The molecule has 2 aromatic heterocycles. The maximum absolute atomic E-state index is 13.6. The van der Waals surface area contributed by atoms with Crippen LogP contribution in [0.1, 0.15) is 16.8 Å². The van der Waals surface area contributed by atoms with E-state index in [1.807, 2.05) is 0 Å². The van der Waals surface area contributed by atoms with Crippen LogP contribution < -0.4 is 10.9 Å². The van der Waals surface area contributed by atoms with E-state index in [0.717, 1.165) is 6.07 Å². The minimum Gasteiger partial charge on any atom is -0.370 e. The van der Waals surface area contributed by atoms with Gasteiger partial charge in [0.05, 0.1) is 0 Å². The van der Waals surface area contributed by atoms with Gasteiger partial charge in [0.1, 0.15) is 23.3 Å². The first-order chi connectivity index (χ1) is 12.4. The Morgan fingerprint density at radius 1 is 1.15 bits per heavy atom. The zero-order valence-corrected chi connectivity index (χ0v) is 14.4. The topological polar surface area (TPSA) is 70.7 Å². The molecule has 2 heterocycles. The summed E-state index contributed by atoms with van der Waals surface area (Å²) in [5, 5.41) is 3.08. The Labute approximate surface area is 149 Å². The molecule has 2 N–H and O–H groups in total. The first kappa shape index (κ1) is 17.7. The Bertz CT molecular complexity index is 984. The molecule has 0 saturated carbocycles. The lowest BCUT2D eigenvalue weighted by Gasteiger charge is -2.08. The van der Waals surface area contributed by atoms with Gasteiger partial charge < -0.3 is 10.3 Å². The maximum Gasteiger partial charge on any atom is 0.254 e. The van der Waals surface area contributed by atoms with Gasteiger partial charge in [0.2, 0.25) is 0 Å². The van der Waals surface area contributed by atoms with Crippen molar-refractivity contribution < 1.29 is 8.78 Å². The standard InChI is InChI=1S/C19H18F2N4O/c1-11-12(2)24-18(25-19(11)26)14-4-6-17(23-10-14)22-8-7-13-3-5-15(20)9-16(13)21/h3-6,9-10H,7-8H2,1-2H3,(H,22,23)(H,24,25,26). The second-order valence-electron chi connectivity index (χ2n) is 5.97. The summed E-state index contributed by atoms with van der Waals surface area (Å²) in [6.45, 7) is 3.96. The summed E-state index contributed by atoms with van der Waals surface area (Å²) in [5.41, 5.74) is 2.23. The van der Waals surface area contributed by atoms with Gasteiger partial charge in [-0.2, -0.15) is 0 Å². The molecule has 5 nitrogen and oxygen atoms in total. The van der Waals surface area contributed by atoms with Crippen molar-refractivity contribution in [2.45, 2.75) is 20.3 Å². The lowest BCUT2D eigenvalue weighted by molar-refractivity contribution is 0.572. The fourth-order valence-electron chi connectivity index (χ4n) is 2.47. The summed E-state index contributed by atoms with van der Waals surface area (Å²) in [6, 6.07) is 7.10. The summed E-state index contributed by atoms with van der Waals surface area (Å²) in [5.74, 6) is -0.0673. The average molecular weight is 356 g/mol. The summed E-state index contributed by atoms with van der Waals surface area (Å²) in [6.07, 6.45) is 2.01. The van der Waals surface area contributed by atoms with Crippen molar-refractivity contribution >= 4 is 5.82 Å².